The van der Waals surface area contributed by atoms with E-state index >= 15 is 0 Å². The molecule has 0 aliphatic rings. The summed E-state index contributed by atoms with van der Waals surface area (Å²) in [6, 6.07) is 2.90. The van der Waals surface area contributed by atoms with Crippen molar-refractivity contribution in [3.05, 3.63) is 44.8 Å². The highest BCUT2D eigenvalue weighted by atomic mass is 33.1. The van der Waals surface area contributed by atoms with Crippen LogP contribution in [0.4, 0.5) is 11.4 Å². The fraction of sp³-hybridized carbons (Fsp3) is 0. The van der Waals surface area contributed by atoms with Gasteiger partial charge in [-0.2, -0.15) is 0 Å². The minimum Gasteiger partial charge on any atom is -0.258 e. The van der Waals surface area contributed by atoms with E-state index in [-0.39, 0.29) is 21.4 Å². The van der Waals surface area contributed by atoms with E-state index in [1.54, 1.807) is 0 Å². The van der Waals surface area contributed by atoms with Gasteiger partial charge in [0, 0.05) is 12.4 Å². The number of hydrogen-bond donors (Lipinski definition) is 2. The highest BCUT2D eigenvalue weighted by Gasteiger charge is 2.23. The maximum atomic E-state index is 11.0. The Bertz CT molecular complexity index is 694. The standard InChI is InChI=1S/C10H6N4O4S4/c15-13(16)7-5(1-3-11-9(7)19)21-22-6-2-4-12-10(20)8(6)14(17)18/h1-4H,(H,11,19)(H,12,20). The molecule has 2 heterocycles. The molecule has 0 unspecified atom stereocenters. The van der Waals surface area contributed by atoms with Gasteiger partial charge in [0.25, 0.3) is 0 Å². The lowest BCUT2D eigenvalue weighted by atomic mass is 10.4. The van der Waals surface area contributed by atoms with Crippen LogP contribution < -0.4 is 0 Å². The van der Waals surface area contributed by atoms with Gasteiger partial charge in [-0.05, 0) is 33.7 Å². The monoisotopic (exact) mass is 374 g/mol. The van der Waals surface area contributed by atoms with E-state index in [1.807, 2.05) is 0 Å². The molecule has 0 aromatic carbocycles. The van der Waals surface area contributed by atoms with Crippen molar-refractivity contribution in [1.82, 2.24) is 9.97 Å². The average molecular weight is 374 g/mol. The third-order valence-corrected chi connectivity index (χ3v) is 5.41. The highest BCUT2D eigenvalue weighted by Crippen LogP contribution is 2.46. The van der Waals surface area contributed by atoms with Crippen LogP contribution in [-0.4, -0.2) is 19.8 Å². The molecule has 12 heteroatoms. The number of nitro groups is 2. The van der Waals surface area contributed by atoms with Crippen molar-refractivity contribution in [3.8, 4) is 0 Å². The fourth-order valence-corrected chi connectivity index (χ4v) is 4.37. The molecule has 0 amide bonds. The molecule has 0 bridgehead atoms. The first-order valence-corrected chi connectivity index (χ1v) is 8.45. The molecule has 0 saturated carbocycles. The molecule has 2 rings (SSSR count). The Kier molecular flexibility index (Phi) is 5.50. The number of hydrogen-bond acceptors (Lipinski definition) is 10. The predicted molar refractivity (Wildman–Crippen MR) is 88.0 cm³/mol. The fourth-order valence-electron chi connectivity index (χ4n) is 1.42. The summed E-state index contributed by atoms with van der Waals surface area (Å²) in [5, 5.41) is 22.1. The van der Waals surface area contributed by atoms with E-state index in [0.29, 0.717) is 9.79 Å². The molecule has 114 valence electrons. The van der Waals surface area contributed by atoms with E-state index in [4.69, 9.17) is 0 Å². The van der Waals surface area contributed by atoms with Gasteiger partial charge in [-0.1, -0.05) is 0 Å². The predicted octanol–water partition coefficient (Wildman–Crippen LogP) is 3.67. The van der Waals surface area contributed by atoms with Gasteiger partial charge in [0.15, 0.2) is 10.1 Å². The number of aromatic nitrogens is 2. The molecule has 0 N–H and O–H groups in total. The van der Waals surface area contributed by atoms with Gasteiger partial charge < -0.3 is 0 Å². The Hall–Kier alpha value is -1.50. The molecular weight excluding hydrogens is 368 g/mol. The summed E-state index contributed by atoms with van der Waals surface area (Å²) in [5.41, 5.74) is -0.489. The van der Waals surface area contributed by atoms with Gasteiger partial charge in [0.2, 0.25) is 0 Å². The Morgan fingerprint density at radius 1 is 0.864 bits per heavy atom. The van der Waals surface area contributed by atoms with Gasteiger partial charge in [0.1, 0.15) is 9.79 Å². The molecule has 0 aliphatic carbocycles. The van der Waals surface area contributed by atoms with Crippen molar-refractivity contribution >= 4 is 58.2 Å². The summed E-state index contributed by atoms with van der Waals surface area (Å²) in [4.78, 5) is 29.0. The SMILES string of the molecule is O=[N+]([O-])c1c(SSc2ccnc(S)c2[N+](=O)[O-])ccnc1S. The lowest BCUT2D eigenvalue weighted by Gasteiger charge is -2.05. The molecule has 2 aromatic heterocycles. The van der Waals surface area contributed by atoms with Crippen LogP contribution in [0.15, 0.2) is 44.4 Å². The molecule has 0 atom stereocenters. The maximum Gasteiger partial charge on any atom is 0.315 e. The van der Waals surface area contributed by atoms with E-state index in [0.717, 1.165) is 21.6 Å². The molecule has 2 aromatic rings. The van der Waals surface area contributed by atoms with Crippen LogP contribution in [0.2, 0.25) is 0 Å². The third-order valence-electron chi connectivity index (χ3n) is 2.32. The lowest BCUT2D eigenvalue weighted by molar-refractivity contribution is -0.391. The van der Waals surface area contributed by atoms with E-state index < -0.39 is 9.85 Å². The van der Waals surface area contributed by atoms with Gasteiger partial charge in [0.05, 0.1) is 9.85 Å². The number of nitrogens with zero attached hydrogens (tertiary/aromatic N) is 4. The second kappa shape index (κ2) is 7.17. The van der Waals surface area contributed by atoms with Crippen LogP contribution >= 0.6 is 46.8 Å². The van der Waals surface area contributed by atoms with Crippen molar-refractivity contribution in [2.24, 2.45) is 0 Å². The Morgan fingerprint density at radius 3 is 1.55 bits per heavy atom. The van der Waals surface area contributed by atoms with E-state index in [2.05, 4.69) is 35.2 Å². The van der Waals surface area contributed by atoms with Gasteiger partial charge in [-0.15, -0.1) is 25.3 Å². The summed E-state index contributed by atoms with van der Waals surface area (Å²) < 4.78 is 0. The summed E-state index contributed by atoms with van der Waals surface area (Å²) in [5.74, 6) is 0. The average Bonchev–Trinajstić information content (AvgIpc) is 2.44. The van der Waals surface area contributed by atoms with Crippen molar-refractivity contribution in [1.29, 1.82) is 0 Å². The van der Waals surface area contributed by atoms with Crippen molar-refractivity contribution in [3.63, 3.8) is 0 Å². The Morgan fingerprint density at radius 2 is 1.23 bits per heavy atom. The minimum absolute atomic E-state index is 0.0188. The lowest BCUT2D eigenvalue weighted by Crippen LogP contribution is -1.95. The van der Waals surface area contributed by atoms with E-state index in [1.165, 1.54) is 24.5 Å². The minimum atomic E-state index is -0.594. The van der Waals surface area contributed by atoms with E-state index in [9.17, 15) is 20.2 Å². The topological polar surface area (TPSA) is 112 Å². The molecule has 0 spiro atoms. The summed E-state index contributed by atoms with van der Waals surface area (Å²) in [6.45, 7) is 0. The second-order valence-corrected chi connectivity index (χ2v) is 6.70. The number of thiol groups is 2. The molecule has 0 fully saturated rings. The Labute approximate surface area is 142 Å². The van der Waals surface area contributed by atoms with Crippen molar-refractivity contribution in [2.75, 3.05) is 0 Å². The zero-order chi connectivity index (χ0) is 16.3. The zero-order valence-electron chi connectivity index (χ0n) is 10.4. The normalized spacial score (nSPS) is 10.5. The van der Waals surface area contributed by atoms with Gasteiger partial charge in [-0.3, -0.25) is 20.2 Å². The first-order chi connectivity index (χ1) is 10.4. The second-order valence-electron chi connectivity index (χ2n) is 3.64. The number of rotatable bonds is 5. The first kappa shape index (κ1) is 16.9. The summed E-state index contributed by atoms with van der Waals surface area (Å²) >= 11 is 7.90. The summed E-state index contributed by atoms with van der Waals surface area (Å²) in [7, 11) is 2.01. The quantitative estimate of drug-likeness (QED) is 0.353. The molecule has 0 aliphatic heterocycles. The first-order valence-electron chi connectivity index (χ1n) is 5.41. The third kappa shape index (κ3) is 3.63. The van der Waals surface area contributed by atoms with Crippen LogP contribution in [-0.2, 0) is 0 Å². The molecular formula is C10H6N4O4S4. The van der Waals surface area contributed by atoms with Gasteiger partial charge >= 0.3 is 11.4 Å². The van der Waals surface area contributed by atoms with Crippen LogP contribution in [0.1, 0.15) is 0 Å². The highest BCUT2D eigenvalue weighted by molar-refractivity contribution is 8.76. The molecule has 8 nitrogen and oxygen atoms in total. The van der Waals surface area contributed by atoms with Crippen LogP contribution in [0.5, 0.6) is 0 Å². The summed E-state index contributed by atoms with van der Waals surface area (Å²) in [6.07, 6.45) is 2.76. The van der Waals surface area contributed by atoms with Crippen LogP contribution in [0, 0.1) is 20.2 Å². The molecule has 22 heavy (non-hydrogen) atoms. The van der Waals surface area contributed by atoms with Crippen LogP contribution in [0.25, 0.3) is 0 Å². The van der Waals surface area contributed by atoms with Crippen molar-refractivity contribution in [2.45, 2.75) is 19.8 Å². The van der Waals surface area contributed by atoms with Crippen LogP contribution in [0.3, 0.4) is 0 Å². The van der Waals surface area contributed by atoms with Crippen molar-refractivity contribution < 1.29 is 9.85 Å². The number of pyridine rings is 2. The smallest absolute Gasteiger partial charge is 0.258 e. The molecule has 0 saturated heterocycles. The maximum absolute atomic E-state index is 11.0. The van der Waals surface area contributed by atoms with Gasteiger partial charge in [-0.25, -0.2) is 9.97 Å². The Balaban J connectivity index is 2.33. The zero-order valence-corrected chi connectivity index (χ0v) is 13.9. The largest absolute Gasteiger partial charge is 0.315 e. The molecule has 0 radical (unpaired) electrons.